The van der Waals surface area contributed by atoms with Crippen molar-refractivity contribution in [2.24, 2.45) is 0 Å². The van der Waals surface area contributed by atoms with E-state index < -0.39 is 5.79 Å². The van der Waals surface area contributed by atoms with Crippen LogP contribution in [0.3, 0.4) is 0 Å². The number of halogens is 1. The van der Waals surface area contributed by atoms with E-state index in [9.17, 15) is 0 Å². The van der Waals surface area contributed by atoms with Gasteiger partial charge in [-0.15, -0.1) is 0 Å². The maximum Gasteiger partial charge on any atom is 0.222 e. The van der Waals surface area contributed by atoms with E-state index in [2.05, 4.69) is 9.97 Å². The highest BCUT2D eigenvalue weighted by atomic mass is 35.5. The van der Waals surface area contributed by atoms with Gasteiger partial charge in [0.05, 0.1) is 25.6 Å². The summed E-state index contributed by atoms with van der Waals surface area (Å²) in [6.45, 7) is 5.01. The fourth-order valence-electron chi connectivity index (χ4n) is 1.15. The average molecular weight is 275 g/mol. The fraction of sp³-hybridized carbons (Fsp3) is 0.667. The Bertz CT molecular complexity index is 344. The van der Waals surface area contributed by atoms with Crippen LogP contribution < -0.4 is 4.74 Å². The number of unbranched alkanes of at least 4 members (excludes halogenated alkanes) is 1. The number of hydrogen-bond donors (Lipinski definition) is 0. The lowest BCUT2D eigenvalue weighted by Gasteiger charge is -2.23. The number of nitrogens with zero attached hydrogens (tertiary/aromatic N) is 2. The Labute approximate surface area is 112 Å². The van der Waals surface area contributed by atoms with Crippen molar-refractivity contribution < 1.29 is 14.2 Å². The molecule has 0 atom stereocenters. The highest BCUT2D eigenvalue weighted by molar-refractivity contribution is 6.28. The van der Waals surface area contributed by atoms with Gasteiger partial charge >= 0.3 is 0 Å². The summed E-state index contributed by atoms with van der Waals surface area (Å²) >= 11 is 5.56. The van der Waals surface area contributed by atoms with Gasteiger partial charge in [-0.1, -0.05) is 0 Å². The first kappa shape index (κ1) is 15.1. The SMILES string of the molecule is COC(C)(C)OCCCCOc1cnc(Cl)nc1. The molecule has 1 heterocycles. The first-order chi connectivity index (χ1) is 8.53. The Hall–Kier alpha value is -0.910. The largest absolute Gasteiger partial charge is 0.490 e. The number of rotatable bonds is 8. The van der Waals surface area contributed by atoms with Crippen molar-refractivity contribution in [2.45, 2.75) is 32.5 Å². The fourth-order valence-corrected chi connectivity index (χ4v) is 1.24. The number of ether oxygens (including phenoxy) is 3. The zero-order chi connectivity index (χ0) is 13.4. The molecule has 0 N–H and O–H groups in total. The quantitative estimate of drug-likeness (QED) is 0.414. The Morgan fingerprint density at radius 2 is 1.78 bits per heavy atom. The molecule has 5 nitrogen and oxygen atoms in total. The Kier molecular flexibility index (Phi) is 6.32. The molecule has 0 fully saturated rings. The molecule has 1 rings (SSSR count). The summed E-state index contributed by atoms with van der Waals surface area (Å²) in [7, 11) is 1.63. The summed E-state index contributed by atoms with van der Waals surface area (Å²) in [6, 6.07) is 0. The molecule has 0 amide bonds. The summed E-state index contributed by atoms with van der Waals surface area (Å²) in [5.41, 5.74) is 0. The van der Waals surface area contributed by atoms with Crippen molar-refractivity contribution in [2.75, 3.05) is 20.3 Å². The van der Waals surface area contributed by atoms with E-state index in [1.807, 2.05) is 13.8 Å². The van der Waals surface area contributed by atoms with Crippen molar-refractivity contribution in [3.05, 3.63) is 17.7 Å². The van der Waals surface area contributed by atoms with Crippen LogP contribution in [-0.2, 0) is 9.47 Å². The summed E-state index contributed by atoms with van der Waals surface area (Å²) < 4.78 is 16.1. The minimum absolute atomic E-state index is 0.220. The van der Waals surface area contributed by atoms with Crippen LogP contribution in [0.25, 0.3) is 0 Å². The van der Waals surface area contributed by atoms with E-state index >= 15 is 0 Å². The zero-order valence-electron chi connectivity index (χ0n) is 11.0. The predicted molar refractivity (Wildman–Crippen MR) is 68.8 cm³/mol. The van der Waals surface area contributed by atoms with Gasteiger partial charge in [0.2, 0.25) is 5.28 Å². The molecule has 18 heavy (non-hydrogen) atoms. The summed E-state index contributed by atoms with van der Waals surface area (Å²) in [5.74, 6) is 0.0998. The molecular weight excluding hydrogens is 256 g/mol. The van der Waals surface area contributed by atoms with Crippen molar-refractivity contribution in [1.29, 1.82) is 0 Å². The Morgan fingerprint density at radius 3 is 2.39 bits per heavy atom. The van der Waals surface area contributed by atoms with Crippen LogP contribution in [0.2, 0.25) is 5.28 Å². The van der Waals surface area contributed by atoms with Crippen molar-refractivity contribution >= 4 is 11.6 Å². The summed E-state index contributed by atoms with van der Waals surface area (Å²) in [6.07, 6.45) is 4.91. The van der Waals surface area contributed by atoms with Crippen LogP contribution in [0.4, 0.5) is 0 Å². The first-order valence-corrected chi connectivity index (χ1v) is 6.21. The maximum absolute atomic E-state index is 5.56. The van der Waals surface area contributed by atoms with Crippen molar-refractivity contribution in [3.8, 4) is 5.75 Å². The van der Waals surface area contributed by atoms with Gasteiger partial charge in [-0.05, 0) is 38.3 Å². The third-order valence-corrected chi connectivity index (χ3v) is 2.54. The highest BCUT2D eigenvalue weighted by Gasteiger charge is 2.15. The topological polar surface area (TPSA) is 53.5 Å². The van der Waals surface area contributed by atoms with Gasteiger partial charge in [0.25, 0.3) is 0 Å². The minimum Gasteiger partial charge on any atom is -0.490 e. The van der Waals surface area contributed by atoms with Gasteiger partial charge < -0.3 is 14.2 Å². The smallest absolute Gasteiger partial charge is 0.222 e. The van der Waals surface area contributed by atoms with E-state index in [0.29, 0.717) is 19.0 Å². The molecule has 1 aromatic heterocycles. The summed E-state index contributed by atoms with van der Waals surface area (Å²) in [4.78, 5) is 7.65. The van der Waals surface area contributed by atoms with Crippen LogP contribution in [0.5, 0.6) is 5.75 Å². The third kappa shape index (κ3) is 6.14. The maximum atomic E-state index is 5.56. The van der Waals surface area contributed by atoms with Gasteiger partial charge in [-0.2, -0.15) is 0 Å². The molecule has 6 heteroatoms. The predicted octanol–water partition coefficient (Wildman–Crippen LogP) is 2.69. The molecule has 0 aliphatic rings. The Balaban J connectivity index is 2.07. The lowest BCUT2D eigenvalue weighted by atomic mass is 10.3. The molecule has 102 valence electrons. The van der Waals surface area contributed by atoms with Gasteiger partial charge in [-0.25, -0.2) is 9.97 Å². The molecule has 0 radical (unpaired) electrons. The van der Waals surface area contributed by atoms with E-state index in [1.54, 1.807) is 19.5 Å². The molecule has 0 bridgehead atoms. The second-order valence-electron chi connectivity index (χ2n) is 4.20. The average Bonchev–Trinajstić information content (AvgIpc) is 2.36. The lowest BCUT2D eigenvalue weighted by molar-refractivity contribution is -0.197. The van der Waals surface area contributed by atoms with Gasteiger partial charge in [0.15, 0.2) is 11.5 Å². The molecule has 0 unspecified atom stereocenters. The highest BCUT2D eigenvalue weighted by Crippen LogP contribution is 2.11. The monoisotopic (exact) mass is 274 g/mol. The van der Waals surface area contributed by atoms with Crippen LogP contribution >= 0.6 is 11.6 Å². The standard InChI is InChI=1S/C12H19ClN2O3/c1-12(2,16-3)18-7-5-4-6-17-10-8-14-11(13)15-9-10/h8-9H,4-7H2,1-3H3. The second-order valence-corrected chi connectivity index (χ2v) is 4.53. The molecule has 0 spiro atoms. The number of aromatic nitrogens is 2. The van der Waals surface area contributed by atoms with Gasteiger partial charge in [0.1, 0.15) is 0 Å². The number of methoxy groups -OCH3 is 1. The molecule has 0 aliphatic carbocycles. The van der Waals surface area contributed by atoms with Crippen LogP contribution in [-0.4, -0.2) is 36.1 Å². The molecule has 0 aromatic carbocycles. The second kappa shape index (κ2) is 7.51. The van der Waals surface area contributed by atoms with Crippen LogP contribution in [0.15, 0.2) is 12.4 Å². The van der Waals surface area contributed by atoms with E-state index in [4.69, 9.17) is 25.8 Å². The zero-order valence-corrected chi connectivity index (χ0v) is 11.7. The van der Waals surface area contributed by atoms with Crippen LogP contribution in [0, 0.1) is 0 Å². The molecule has 1 aromatic rings. The normalized spacial score (nSPS) is 11.6. The van der Waals surface area contributed by atoms with Crippen LogP contribution in [0.1, 0.15) is 26.7 Å². The molecular formula is C12H19ClN2O3. The number of hydrogen-bond acceptors (Lipinski definition) is 5. The van der Waals surface area contributed by atoms with E-state index in [1.165, 1.54) is 0 Å². The van der Waals surface area contributed by atoms with Gasteiger partial charge in [-0.3, -0.25) is 0 Å². The van der Waals surface area contributed by atoms with Gasteiger partial charge in [0, 0.05) is 7.11 Å². The third-order valence-electron chi connectivity index (χ3n) is 2.35. The van der Waals surface area contributed by atoms with Crippen molar-refractivity contribution in [3.63, 3.8) is 0 Å². The lowest BCUT2D eigenvalue weighted by Crippen LogP contribution is -2.27. The van der Waals surface area contributed by atoms with E-state index in [-0.39, 0.29) is 5.28 Å². The molecule has 0 saturated carbocycles. The minimum atomic E-state index is -0.523. The Morgan fingerprint density at radius 1 is 1.17 bits per heavy atom. The first-order valence-electron chi connectivity index (χ1n) is 5.83. The van der Waals surface area contributed by atoms with Crippen molar-refractivity contribution in [1.82, 2.24) is 9.97 Å². The van der Waals surface area contributed by atoms with E-state index in [0.717, 1.165) is 12.8 Å². The molecule has 0 saturated heterocycles. The summed E-state index contributed by atoms with van der Waals surface area (Å²) in [5, 5.41) is 0.220. The molecule has 0 aliphatic heterocycles.